The molecular formula is C13H12F2N2O2. The first-order chi connectivity index (χ1) is 9.10. The number of nitrogens with zero attached hydrogens (tertiary/aromatic N) is 2. The third-order valence-corrected chi connectivity index (χ3v) is 2.47. The molecule has 2 aromatic rings. The first-order valence-electron chi connectivity index (χ1n) is 5.73. The van der Waals surface area contributed by atoms with E-state index in [1.54, 1.807) is 11.5 Å². The molecule has 1 aromatic heterocycles. The molecule has 0 N–H and O–H groups in total. The van der Waals surface area contributed by atoms with Crippen molar-refractivity contribution in [2.75, 3.05) is 6.61 Å². The van der Waals surface area contributed by atoms with E-state index in [4.69, 9.17) is 4.74 Å². The molecule has 0 amide bonds. The minimum Gasteiger partial charge on any atom is -0.461 e. The number of rotatable bonds is 4. The number of ether oxygens (including phenoxy) is 1. The Labute approximate surface area is 108 Å². The minimum atomic E-state index is -0.900. The Morgan fingerprint density at radius 2 is 2.16 bits per heavy atom. The number of hydrogen-bond acceptors (Lipinski definition) is 3. The zero-order valence-corrected chi connectivity index (χ0v) is 10.3. The van der Waals surface area contributed by atoms with Crippen LogP contribution in [0, 0.1) is 11.6 Å². The van der Waals surface area contributed by atoms with Crippen LogP contribution in [0.5, 0.6) is 0 Å². The lowest BCUT2D eigenvalue weighted by atomic mass is 10.2. The smallest absolute Gasteiger partial charge is 0.358 e. The molecule has 1 heterocycles. The molecule has 0 bridgehead atoms. The number of hydrogen-bond donors (Lipinski definition) is 0. The van der Waals surface area contributed by atoms with Gasteiger partial charge in [0.2, 0.25) is 0 Å². The number of halogens is 2. The van der Waals surface area contributed by atoms with Crippen LogP contribution in [-0.4, -0.2) is 22.1 Å². The number of aromatic nitrogens is 2. The maximum absolute atomic E-state index is 13.0. The van der Waals surface area contributed by atoms with Crippen LogP contribution in [0.15, 0.2) is 30.7 Å². The van der Waals surface area contributed by atoms with Gasteiger partial charge in [0.05, 0.1) is 12.9 Å². The highest BCUT2D eigenvalue weighted by Crippen LogP contribution is 2.10. The summed E-state index contributed by atoms with van der Waals surface area (Å²) < 4.78 is 32.2. The maximum Gasteiger partial charge on any atom is 0.358 e. The van der Waals surface area contributed by atoms with E-state index < -0.39 is 17.6 Å². The highest BCUT2D eigenvalue weighted by molar-refractivity contribution is 5.86. The van der Waals surface area contributed by atoms with Gasteiger partial charge in [0, 0.05) is 12.7 Å². The molecule has 0 spiro atoms. The summed E-state index contributed by atoms with van der Waals surface area (Å²) in [6.07, 6.45) is 2.94. The van der Waals surface area contributed by atoms with Crippen LogP contribution in [0.4, 0.5) is 8.78 Å². The Balaban J connectivity index is 2.11. The van der Waals surface area contributed by atoms with E-state index in [-0.39, 0.29) is 12.3 Å². The molecular weight excluding hydrogens is 254 g/mol. The summed E-state index contributed by atoms with van der Waals surface area (Å²) in [7, 11) is 0. The van der Waals surface area contributed by atoms with Gasteiger partial charge in [-0.25, -0.2) is 18.6 Å². The van der Waals surface area contributed by atoms with Crippen molar-refractivity contribution < 1.29 is 18.3 Å². The molecule has 0 saturated carbocycles. The number of carbonyl (C=O) groups excluding carboxylic acids is 1. The van der Waals surface area contributed by atoms with E-state index in [0.29, 0.717) is 12.1 Å². The monoisotopic (exact) mass is 266 g/mol. The van der Waals surface area contributed by atoms with Gasteiger partial charge >= 0.3 is 5.97 Å². The Morgan fingerprint density at radius 1 is 1.37 bits per heavy atom. The highest BCUT2D eigenvalue weighted by atomic mass is 19.2. The van der Waals surface area contributed by atoms with E-state index in [1.807, 2.05) is 0 Å². The molecule has 19 heavy (non-hydrogen) atoms. The number of benzene rings is 1. The molecule has 0 unspecified atom stereocenters. The maximum atomic E-state index is 13.0. The molecule has 0 radical (unpaired) electrons. The number of esters is 1. The van der Waals surface area contributed by atoms with Gasteiger partial charge in [-0.15, -0.1) is 0 Å². The van der Waals surface area contributed by atoms with Crippen LogP contribution in [0.2, 0.25) is 0 Å². The fraction of sp³-hybridized carbons (Fsp3) is 0.231. The molecule has 2 rings (SSSR count). The highest BCUT2D eigenvalue weighted by Gasteiger charge is 2.10. The quantitative estimate of drug-likeness (QED) is 0.798. The Hall–Kier alpha value is -2.24. The molecule has 0 aliphatic heterocycles. The first kappa shape index (κ1) is 13.2. The van der Waals surface area contributed by atoms with Crippen LogP contribution in [0.3, 0.4) is 0 Å². The van der Waals surface area contributed by atoms with Crippen LogP contribution in [0.25, 0.3) is 0 Å². The van der Waals surface area contributed by atoms with E-state index >= 15 is 0 Å². The molecule has 100 valence electrons. The van der Waals surface area contributed by atoms with Gasteiger partial charge in [-0.3, -0.25) is 0 Å². The lowest BCUT2D eigenvalue weighted by Gasteiger charge is -2.03. The summed E-state index contributed by atoms with van der Waals surface area (Å²) in [5.41, 5.74) is 0.760. The average Bonchev–Trinajstić information content (AvgIpc) is 2.83. The third-order valence-electron chi connectivity index (χ3n) is 2.47. The van der Waals surface area contributed by atoms with E-state index in [9.17, 15) is 13.6 Å². The second-order valence-corrected chi connectivity index (χ2v) is 3.90. The van der Waals surface area contributed by atoms with E-state index in [1.165, 1.54) is 18.6 Å². The fourth-order valence-electron chi connectivity index (χ4n) is 1.61. The molecule has 0 fully saturated rings. The zero-order valence-electron chi connectivity index (χ0n) is 10.3. The van der Waals surface area contributed by atoms with Gasteiger partial charge in [0.1, 0.15) is 0 Å². The van der Waals surface area contributed by atoms with Gasteiger partial charge in [-0.1, -0.05) is 6.07 Å². The SMILES string of the molecule is CCOC(=O)c1cn(Cc2ccc(F)c(F)c2)cn1. The lowest BCUT2D eigenvalue weighted by molar-refractivity contribution is 0.0520. The van der Waals surface area contributed by atoms with Gasteiger partial charge in [0.15, 0.2) is 17.3 Å². The predicted octanol–water partition coefficient (Wildman–Crippen LogP) is 2.39. The van der Waals surface area contributed by atoms with Crippen molar-refractivity contribution in [2.45, 2.75) is 13.5 Å². The molecule has 1 aromatic carbocycles. The van der Waals surface area contributed by atoms with Crippen molar-refractivity contribution in [3.8, 4) is 0 Å². The molecule has 0 atom stereocenters. The summed E-state index contributed by atoms with van der Waals surface area (Å²) in [5.74, 6) is -2.30. The molecule has 0 aliphatic carbocycles. The van der Waals surface area contributed by atoms with E-state index in [0.717, 1.165) is 12.1 Å². The molecule has 4 nitrogen and oxygen atoms in total. The van der Waals surface area contributed by atoms with Crippen molar-refractivity contribution in [2.24, 2.45) is 0 Å². The molecule has 6 heteroatoms. The third kappa shape index (κ3) is 3.15. The summed E-state index contributed by atoms with van der Waals surface area (Å²) in [6.45, 7) is 2.27. The molecule has 0 aliphatic rings. The second-order valence-electron chi connectivity index (χ2n) is 3.90. The summed E-state index contributed by atoms with van der Waals surface area (Å²) in [4.78, 5) is 15.3. The van der Waals surface area contributed by atoms with E-state index in [2.05, 4.69) is 4.98 Å². The Bertz CT molecular complexity index is 596. The van der Waals surface area contributed by atoms with Gasteiger partial charge in [0.25, 0.3) is 0 Å². The fourth-order valence-corrected chi connectivity index (χ4v) is 1.61. The minimum absolute atomic E-state index is 0.185. The van der Waals surface area contributed by atoms with Gasteiger partial charge in [-0.2, -0.15) is 0 Å². The second kappa shape index (κ2) is 5.60. The standard InChI is InChI=1S/C13H12F2N2O2/c1-2-19-13(18)12-7-17(8-16-12)6-9-3-4-10(14)11(15)5-9/h3-5,7-8H,2,6H2,1H3. The van der Waals surface area contributed by atoms with Crippen molar-refractivity contribution in [3.05, 3.63) is 53.6 Å². The summed E-state index contributed by atoms with van der Waals surface area (Å²) in [5, 5.41) is 0. The van der Waals surface area contributed by atoms with Crippen LogP contribution in [0.1, 0.15) is 23.0 Å². The van der Waals surface area contributed by atoms with Crippen LogP contribution in [-0.2, 0) is 11.3 Å². The van der Waals surface area contributed by atoms with Crippen molar-refractivity contribution in [1.82, 2.24) is 9.55 Å². The zero-order chi connectivity index (χ0) is 13.8. The van der Waals surface area contributed by atoms with Crippen molar-refractivity contribution >= 4 is 5.97 Å². The summed E-state index contributed by atoms with van der Waals surface area (Å²) >= 11 is 0. The van der Waals surface area contributed by atoms with Crippen molar-refractivity contribution in [3.63, 3.8) is 0 Å². The van der Waals surface area contributed by atoms with Gasteiger partial charge < -0.3 is 9.30 Å². The Kier molecular flexibility index (Phi) is 3.89. The van der Waals surface area contributed by atoms with Gasteiger partial charge in [-0.05, 0) is 24.6 Å². The van der Waals surface area contributed by atoms with Crippen LogP contribution >= 0.6 is 0 Å². The average molecular weight is 266 g/mol. The normalized spacial score (nSPS) is 10.5. The van der Waals surface area contributed by atoms with Crippen molar-refractivity contribution in [1.29, 1.82) is 0 Å². The summed E-state index contributed by atoms with van der Waals surface area (Å²) in [6, 6.07) is 3.65. The first-order valence-corrected chi connectivity index (χ1v) is 5.73. The predicted molar refractivity (Wildman–Crippen MR) is 63.6 cm³/mol. The topological polar surface area (TPSA) is 44.1 Å². The number of imidazole rings is 1. The Morgan fingerprint density at radius 3 is 2.84 bits per heavy atom. The van der Waals surface area contributed by atoms with Crippen LogP contribution < -0.4 is 0 Å². The lowest BCUT2D eigenvalue weighted by Crippen LogP contribution is -2.05. The largest absolute Gasteiger partial charge is 0.461 e. The number of carbonyl (C=O) groups is 1. The molecule has 0 saturated heterocycles.